The second-order valence-electron chi connectivity index (χ2n) is 4.32. The maximum atomic E-state index is 12.0. The first kappa shape index (κ1) is 15.0. The first-order valence-electron chi connectivity index (χ1n) is 6.27. The van der Waals surface area contributed by atoms with Gasteiger partial charge in [-0.05, 0) is 13.3 Å². The number of aryl methyl sites for hydroxylation is 2. The van der Waals surface area contributed by atoms with Gasteiger partial charge in [0.25, 0.3) is 0 Å². The van der Waals surface area contributed by atoms with Gasteiger partial charge in [0.1, 0.15) is 5.82 Å². The molecule has 1 amide bonds. The molecule has 0 aliphatic carbocycles. The summed E-state index contributed by atoms with van der Waals surface area (Å²) in [4.78, 5) is 23.3. The Labute approximate surface area is 126 Å². The normalized spacial score (nSPS) is 10.8. The van der Waals surface area contributed by atoms with Crippen LogP contribution in [0.3, 0.4) is 0 Å². The topological polar surface area (TPSA) is 74.8 Å². The SMILES string of the molecule is CCc1ncc(CN(C)C(=O)CSc2n[nH]c(C)n2)s1. The Balaban J connectivity index is 1.82. The van der Waals surface area contributed by atoms with E-state index < -0.39 is 0 Å². The van der Waals surface area contributed by atoms with Crippen molar-refractivity contribution < 1.29 is 4.79 Å². The maximum Gasteiger partial charge on any atom is 0.233 e. The third-order valence-corrected chi connectivity index (χ3v) is 4.58. The predicted molar refractivity (Wildman–Crippen MR) is 79.8 cm³/mol. The van der Waals surface area contributed by atoms with Gasteiger partial charge >= 0.3 is 0 Å². The molecule has 0 fully saturated rings. The molecule has 2 aromatic heterocycles. The fraction of sp³-hybridized carbons (Fsp3) is 0.500. The molecule has 2 rings (SSSR count). The first-order chi connectivity index (χ1) is 9.58. The molecule has 0 aliphatic heterocycles. The molecule has 0 atom stereocenters. The summed E-state index contributed by atoms with van der Waals surface area (Å²) < 4.78 is 0. The van der Waals surface area contributed by atoms with E-state index in [2.05, 4.69) is 27.1 Å². The number of nitrogens with one attached hydrogen (secondary N) is 1. The lowest BCUT2D eigenvalue weighted by Crippen LogP contribution is -2.27. The van der Waals surface area contributed by atoms with Crippen LogP contribution in [-0.2, 0) is 17.8 Å². The van der Waals surface area contributed by atoms with Gasteiger partial charge in [0.2, 0.25) is 11.1 Å². The van der Waals surface area contributed by atoms with E-state index in [0.717, 1.165) is 22.1 Å². The lowest BCUT2D eigenvalue weighted by atomic mass is 10.4. The summed E-state index contributed by atoms with van der Waals surface area (Å²) in [6, 6.07) is 0. The molecule has 8 heteroatoms. The Morgan fingerprint density at radius 1 is 1.55 bits per heavy atom. The molecule has 0 aliphatic rings. The number of amides is 1. The van der Waals surface area contributed by atoms with Crippen LogP contribution in [-0.4, -0.2) is 43.8 Å². The highest BCUT2D eigenvalue weighted by Gasteiger charge is 2.13. The molecular formula is C12H17N5OS2. The number of nitrogens with zero attached hydrogens (tertiary/aromatic N) is 4. The smallest absolute Gasteiger partial charge is 0.233 e. The maximum absolute atomic E-state index is 12.0. The van der Waals surface area contributed by atoms with Gasteiger partial charge < -0.3 is 4.90 Å². The van der Waals surface area contributed by atoms with Crippen molar-refractivity contribution in [2.45, 2.75) is 32.0 Å². The number of aromatic nitrogens is 4. The average Bonchev–Trinajstić information content (AvgIpc) is 3.04. The van der Waals surface area contributed by atoms with Crippen molar-refractivity contribution in [2.75, 3.05) is 12.8 Å². The van der Waals surface area contributed by atoms with Gasteiger partial charge in [0, 0.05) is 18.1 Å². The highest BCUT2D eigenvalue weighted by atomic mass is 32.2. The Kier molecular flexibility index (Phi) is 5.13. The molecule has 20 heavy (non-hydrogen) atoms. The van der Waals surface area contributed by atoms with Crippen molar-refractivity contribution in [1.82, 2.24) is 25.1 Å². The van der Waals surface area contributed by atoms with Crippen molar-refractivity contribution in [3.63, 3.8) is 0 Å². The fourth-order valence-corrected chi connectivity index (χ4v) is 3.23. The summed E-state index contributed by atoms with van der Waals surface area (Å²) >= 11 is 3.00. The van der Waals surface area contributed by atoms with E-state index in [0.29, 0.717) is 17.5 Å². The van der Waals surface area contributed by atoms with Crippen LogP contribution >= 0.6 is 23.1 Å². The van der Waals surface area contributed by atoms with E-state index in [9.17, 15) is 4.79 Å². The van der Waals surface area contributed by atoms with E-state index in [4.69, 9.17) is 0 Å². The largest absolute Gasteiger partial charge is 0.340 e. The summed E-state index contributed by atoms with van der Waals surface area (Å²) in [5, 5.41) is 8.46. The third kappa shape index (κ3) is 4.04. The van der Waals surface area contributed by atoms with E-state index in [-0.39, 0.29) is 5.91 Å². The third-order valence-electron chi connectivity index (χ3n) is 2.62. The second kappa shape index (κ2) is 6.85. The van der Waals surface area contributed by atoms with E-state index in [1.54, 1.807) is 23.3 Å². The minimum Gasteiger partial charge on any atom is -0.340 e. The monoisotopic (exact) mass is 311 g/mol. The number of carbonyl (C=O) groups is 1. The van der Waals surface area contributed by atoms with Crippen LogP contribution in [0.2, 0.25) is 0 Å². The molecule has 0 saturated heterocycles. The fourth-order valence-electron chi connectivity index (χ4n) is 1.53. The van der Waals surface area contributed by atoms with Crippen LogP contribution in [0.25, 0.3) is 0 Å². The van der Waals surface area contributed by atoms with Gasteiger partial charge in [0.05, 0.1) is 17.3 Å². The zero-order valence-electron chi connectivity index (χ0n) is 11.7. The van der Waals surface area contributed by atoms with Gasteiger partial charge in [-0.15, -0.1) is 16.4 Å². The number of rotatable bonds is 6. The quantitative estimate of drug-likeness (QED) is 0.825. The highest BCUT2D eigenvalue weighted by molar-refractivity contribution is 7.99. The van der Waals surface area contributed by atoms with Gasteiger partial charge in [0.15, 0.2) is 0 Å². The summed E-state index contributed by atoms with van der Waals surface area (Å²) in [5.74, 6) is 1.15. The molecular weight excluding hydrogens is 294 g/mol. The molecule has 6 nitrogen and oxygen atoms in total. The lowest BCUT2D eigenvalue weighted by molar-refractivity contribution is -0.127. The highest BCUT2D eigenvalue weighted by Crippen LogP contribution is 2.17. The molecule has 0 saturated carbocycles. The molecule has 108 valence electrons. The number of hydrogen-bond acceptors (Lipinski definition) is 6. The zero-order chi connectivity index (χ0) is 14.5. The molecule has 0 unspecified atom stereocenters. The van der Waals surface area contributed by atoms with Crippen molar-refractivity contribution in [3.8, 4) is 0 Å². The Bertz CT molecular complexity index is 580. The summed E-state index contributed by atoms with van der Waals surface area (Å²) in [6.07, 6.45) is 2.78. The molecule has 0 bridgehead atoms. The van der Waals surface area contributed by atoms with Crippen molar-refractivity contribution in [2.24, 2.45) is 0 Å². The van der Waals surface area contributed by atoms with Crippen LogP contribution < -0.4 is 0 Å². The molecule has 0 aromatic carbocycles. The lowest BCUT2D eigenvalue weighted by Gasteiger charge is -2.15. The molecule has 2 heterocycles. The Morgan fingerprint density at radius 3 is 2.95 bits per heavy atom. The number of aromatic amines is 1. The number of carbonyl (C=O) groups excluding carboxylic acids is 1. The predicted octanol–water partition coefficient (Wildman–Crippen LogP) is 1.88. The van der Waals surface area contributed by atoms with E-state index in [1.807, 2.05) is 13.1 Å². The number of thioether (sulfide) groups is 1. The molecule has 2 aromatic rings. The van der Waals surface area contributed by atoms with Gasteiger partial charge in [-0.2, -0.15) is 0 Å². The second-order valence-corrected chi connectivity index (χ2v) is 6.46. The minimum absolute atomic E-state index is 0.0592. The van der Waals surface area contributed by atoms with Crippen molar-refractivity contribution >= 4 is 29.0 Å². The summed E-state index contributed by atoms with van der Waals surface area (Å²) in [6.45, 7) is 4.51. The van der Waals surface area contributed by atoms with Crippen LogP contribution in [0, 0.1) is 6.92 Å². The van der Waals surface area contributed by atoms with Crippen LogP contribution in [0.1, 0.15) is 22.6 Å². The number of H-pyrrole nitrogens is 1. The van der Waals surface area contributed by atoms with Crippen molar-refractivity contribution in [1.29, 1.82) is 0 Å². The summed E-state index contributed by atoms with van der Waals surface area (Å²) in [7, 11) is 1.80. The zero-order valence-corrected chi connectivity index (χ0v) is 13.3. The van der Waals surface area contributed by atoms with Gasteiger partial charge in [-0.3, -0.25) is 9.89 Å². The first-order valence-corrected chi connectivity index (χ1v) is 8.08. The number of thiazole rings is 1. The Morgan fingerprint density at radius 2 is 2.35 bits per heavy atom. The molecule has 1 N–H and O–H groups in total. The molecule has 0 spiro atoms. The van der Waals surface area contributed by atoms with Crippen LogP contribution in [0.4, 0.5) is 0 Å². The van der Waals surface area contributed by atoms with Gasteiger partial charge in [-0.1, -0.05) is 18.7 Å². The average molecular weight is 311 g/mol. The van der Waals surface area contributed by atoms with Crippen LogP contribution in [0.5, 0.6) is 0 Å². The summed E-state index contributed by atoms with van der Waals surface area (Å²) in [5.41, 5.74) is 0. The van der Waals surface area contributed by atoms with Crippen molar-refractivity contribution in [3.05, 3.63) is 21.9 Å². The van der Waals surface area contributed by atoms with Crippen LogP contribution in [0.15, 0.2) is 11.4 Å². The minimum atomic E-state index is 0.0592. The molecule has 0 radical (unpaired) electrons. The Hall–Kier alpha value is -1.41. The number of hydrogen-bond donors (Lipinski definition) is 1. The van der Waals surface area contributed by atoms with Gasteiger partial charge in [-0.25, -0.2) is 9.97 Å². The standard InChI is InChI=1S/C12H17N5OS2/c1-4-10-13-5-9(20-10)6-17(3)11(18)7-19-12-14-8(2)15-16-12/h5H,4,6-7H2,1-3H3,(H,14,15,16). The van der Waals surface area contributed by atoms with E-state index >= 15 is 0 Å². The van der Waals surface area contributed by atoms with E-state index in [1.165, 1.54) is 11.8 Å².